The van der Waals surface area contributed by atoms with Gasteiger partial charge in [0.2, 0.25) is 5.91 Å². The van der Waals surface area contributed by atoms with Gasteiger partial charge in [-0.15, -0.1) is 0 Å². The quantitative estimate of drug-likeness (QED) is 0.818. The van der Waals surface area contributed by atoms with Crippen LogP contribution < -0.4 is 0 Å². The molecule has 1 aliphatic heterocycles. The molecule has 6 nitrogen and oxygen atoms in total. The van der Waals surface area contributed by atoms with Gasteiger partial charge in [0.15, 0.2) is 0 Å². The Kier molecular flexibility index (Phi) is 4.21. The standard InChI is InChI=1S/C13H22N4O2/c1-4-15(3)13(19)10(2)16-8-11-7-14-17(5-6-18)12(11)9-16/h7,10,18H,4-6,8-9H2,1-3H3/t10-/m1/s1. The summed E-state index contributed by atoms with van der Waals surface area (Å²) < 4.78 is 1.83. The van der Waals surface area contributed by atoms with Crippen molar-refractivity contribution in [2.24, 2.45) is 0 Å². The molecule has 0 aliphatic carbocycles. The number of carbonyl (C=O) groups is 1. The SMILES string of the molecule is CCN(C)C(=O)[C@@H](C)N1Cc2cnn(CCO)c2C1. The Labute approximate surface area is 113 Å². The van der Waals surface area contributed by atoms with Gasteiger partial charge in [-0.25, -0.2) is 0 Å². The van der Waals surface area contributed by atoms with Crippen molar-refractivity contribution in [1.82, 2.24) is 19.6 Å². The van der Waals surface area contributed by atoms with Crippen LogP contribution in [0.1, 0.15) is 25.1 Å². The van der Waals surface area contributed by atoms with Gasteiger partial charge in [0.1, 0.15) is 0 Å². The topological polar surface area (TPSA) is 61.6 Å². The number of aromatic nitrogens is 2. The smallest absolute Gasteiger partial charge is 0.239 e. The molecule has 2 heterocycles. The lowest BCUT2D eigenvalue weighted by Crippen LogP contribution is -2.43. The van der Waals surface area contributed by atoms with Gasteiger partial charge in [-0.1, -0.05) is 0 Å². The molecule has 0 saturated carbocycles. The van der Waals surface area contributed by atoms with Gasteiger partial charge in [-0.3, -0.25) is 14.4 Å². The summed E-state index contributed by atoms with van der Waals surface area (Å²) in [7, 11) is 1.83. The van der Waals surface area contributed by atoms with Gasteiger partial charge >= 0.3 is 0 Å². The van der Waals surface area contributed by atoms with E-state index in [1.807, 2.05) is 31.8 Å². The molecule has 1 aromatic rings. The fourth-order valence-electron chi connectivity index (χ4n) is 2.42. The second-order valence-electron chi connectivity index (χ2n) is 5.00. The molecule has 0 saturated heterocycles. The van der Waals surface area contributed by atoms with Gasteiger partial charge in [-0.2, -0.15) is 5.10 Å². The molecular weight excluding hydrogens is 244 g/mol. The minimum Gasteiger partial charge on any atom is -0.394 e. The number of rotatable bonds is 5. The highest BCUT2D eigenvalue weighted by Crippen LogP contribution is 2.24. The second-order valence-corrected chi connectivity index (χ2v) is 5.00. The summed E-state index contributed by atoms with van der Waals surface area (Å²) in [5.41, 5.74) is 2.28. The molecular formula is C13H22N4O2. The Morgan fingerprint density at radius 3 is 2.95 bits per heavy atom. The van der Waals surface area contributed by atoms with Crippen LogP contribution in [0.2, 0.25) is 0 Å². The minimum absolute atomic E-state index is 0.0845. The number of nitrogens with zero attached hydrogens (tertiary/aromatic N) is 4. The maximum absolute atomic E-state index is 12.2. The molecule has 0 unspecified atom stereocenters. The number of likely N-dealkylation sites (N-methyl/N-ethyl adjacent to an activating group) is 1. The summed E-state index contributed by atoms with van der Waals surface area (Å²) in [5, 5.41) is 13.3. The van der Waals surface area contributed by atoms with Gasteiger partial charge in [0.05, 0.1) is 31.1 Å². The van der Waals surface area contributed by atoms with Gasteiger partial charge in [-0.05, 0) is 13.8 Å². The van der Waals surface area contributed by atoms with Gasteiger partial charge < -0.3 is 10.0 Å². The third kappa shape index (κ3) is 2.64. The van der Waals surface area contributed by atoms with Gasteiger partial charge in [0, 0.05) is 32.2 Å². The maximum Gasteiger partial charge on any atom is 0.239 e. The van der Waals surface area contributed by atoms with Crippen molar-refractivity contribution in [2.45, 2.75) is 39.5 Å². The first-order valence-corrected chi connectivity index (χ1v) is 6.72. The van der Waals surface area contributed by atoms with Crippen LogP contribution in [0.4, 0.5) is 0 Å². The summed E-state index contributed by atoms with van der Waals surface area (Å²) in [6.45, 7) is 6.72. The van der Waals surface area contributed by atoms with Crippen molar-refractivity contribution < 1.29 is 9.90 Å². The molecule has 0 spiro atoms. The van der Waals surface area contributed by atoms with E-state index in [0.717, 1.165) is 30.9 Å². The Morgan fingerprint density at radius 1 is 1.58 bits per heavy atom. The van der Waals surface area contributed by atoms with Crippen molar-refractivity contribution in [2.75, 3.05) is 20.2 Å². The molecule has 1 N–H and O–H groups in total. The van der Waals surface area contributed by atoms with Crippen molar-refractivity contribution in [3.63, 3.8) is 0 Å². The Balaban J connectivity index is 2.05. The molecule has 1 atom stereocenters. The predicted octanol–water partition coefficient (Wildman–Crippen LogP) is 0.0578. The molecule has 0 bridgehead atoms. The summed E-state index contributed by atoms with van der Waals surface area (Å²) in [5.74, 6) is 0.148. The highest BCUT2D eigenvalue weighted by atomic mass is 16.3. The van der Waals surface area contributed by atoms with E-state index in [2.05, 4.69) is 10.00 Å². The highest BCUT2D eigenvalue weighted by Gasteiger charge is 2.31. The lowest BCUT2D eigenvalue weighted by molar-refractivity contribution is -0.135. The molecule has 1 aliphatic rings. The number of fused-ring (bicyclic) bond motifs is 1. The molecule has 19 heavy (non-hydrogen) atoms. The first-order chi connectivity index (χ1) is 9.08. The fourth-order valence-corrected chi connectivity index (χ4v) is 2.42. The predicted molar refractivity (Wildman–Crippen MR) is 71.3 cm³/mol. The lowest BCUT2D eigenvalue weighted by atomic mass is 10.2. The van der Waals surface area contributed by atoms with E-state index in [0.29, 0.717) is 6.54 Å². The van der Waals surface area contributed by atoms with Crippen LogP contribution in [0.25, 0.3) is 0 Å². The number of aliphatic hydroxyl groups is 1. The molecule has 106 valence electrons. The molecule has 0 aromatic carbocycles. The van der Waals surface area contributed by atoms with E-state index in [1.54, 1.807) is 4.90 Å². The average Bonchev–Trinajstić information content (AvgIpc) is 2.98. The molecule has 1 aromatic heterocycles. The summed E-state index contributed by atoms with van der Waals surface area (Å²) >= 11 is 0. The third-order valence-corrected chi connectivity index (χ3v) is 3.83. The maximum atomic E-state index is 12.2. The van der Waals surface area contributed by atoms with Crippen LogP contribution in [-0.2, 0) is 24.4 Å². The Hall–Kier alpha value is -1.40. The lowest BCUT2D eigenvalue weighted by Gasteiger charge is -2.27. The molecule has 1 amide bonds. The van der Waals surface area contributed by atoms with Crippen molar-refractivity contribution >= 4 is 5.91 Å². The molecule has 0 fully saturated rings. The van der Waals surface area contributed by atoms with E-state index < -0.39 is 0 Å². The van der Waals surface area contributed by atoms with Crippen LogP contribution in [0, 0.1) is 0 Å². The van der Waals surface area contributed by atoms with Crippen molar-refractivity contribution in [3.05, 3.63) is 17.5 Å². The van der Waals surface area contributed by atoms with Crippen LogP contribution in [0.15, 0.2) is 6.20 Å². The number of hydrogen-bond acceptors (Lipinski definition) is 4. The van der Waals surface area contributed by atoms with Crippen molar-refractivity contribution in [3.8, 4) is 0 Å². The van der Waals surface area contributed by atoms with E-state index in [-0.39, 0.29) is 18.6 Å². The number of hydrogen-bond donors (Lipinski definition) is 1. The van der Waals surface area contributed by atoms with E-state index >= 15 is 0 Å². The Bertz CT molecular complexity index is 457. The largest absolute Gasteiger partial charge is 0.394 e. The van der Waals surface area contributed by atoms with Crippen LogP contribution in [0.3, 0.4) is 0 Å². The minimum atomic E-state index is -0.125. The molecule has 6 heteroatoms. The summed E-state index contributed by atoms with van der Waals surface area (Å²) in [6, 6.07) is -0.125. The van der Waals surface area contributed by atoms with E-state index in [4.69, 9.17) is 5.11 Å². The normalized spacial score (nSPS) is 16.4. The average molecular weight is 266 g/mol. The molecule has 0 radical (unpaired) electrons. The first kappa shape index (κ1) is 14.0. The first-order valence-electron chi connectivity index (χ1n) is 6.72. The van der Waals surface area contributed by atoms with Crippen LogP contribution in [-0.4, -0.2) is 56.8 Å². The monoisotopic (exact) mass is 266 g/mol. The third-order valence-electron chi connectivity index (χ3n) is 3.83. The van der Waals surface area contributed by atoms with Crippen LogP contribution in [0.5, 0.6) is 0 Å². The number of amides is 1. The second kappa shape index (κ2) is 5.71. The van der Waals surface area contributed by atoms with Crippen LogP contribution >= 0.6 is 0 Å². The zero-order valence-corrected chi connectivity index (χ0v) is 11.8. The summed E-state index contributed by atoms with van der Waals surface area (Å²) in [6.07, 6.45) is 1.84. The van der Waals surface area contributed by atoms with E-state index in [9.17, 15) is 4.79 Å². The zero-order valence-electron chi connectivity index (χ0n) is 11.8. The number of aliphatic hydroxyl groups excluding tert-OH is 1. The zero-order chi connectivity index (χ0) is 14.0. The highest BCUT2D eigenvalue weighted by molar-refractivity contribution is 5.81. The van der Waals surface area contributed by atoms with Crippen molar-refractivity contribution in [1.29, 1.82) is 0 Å². The Morgan fingerprint density at radius 2 is 2.32 bits per heavy atom. The fraction of sp³-hybridized carbons (Fsp3) is 0.692. The molecule has 2 rings (SSSR count). The number of carbonyl (C=O) groups excluding carboxylic acids is 1. The van der Waals surface area contributed by atoms with E-state index in [1.165, 1.54) is 0 Å². The summed E-state index contributed by atoms with van der Waals surface area (Å²) in [4.78, 5) is 16.1. The van der Waals surface area contributed by atoms with Gasteiger partial charge in [0.25, 0.3) is 0 Å².